The van der Waals surface area contributed by atoms with Crippen LogP contribution < -0.4 is 0 Å². The molecule has 0 bridgehead atoms. The first-order valence-electron chi connectivity index (χ1n) is 6.98. The number of nitrogens with zero attached hydrogens (tertiary/aromatic N) is 1. The number of methoxy groups -OCH3 is 2. The second kappa shape index (κ2) is 7.91. The monoisotopic (exact) mass is 417 g/mol. The maximum Gasteiger partial charge on any atom is 0.410 e. The summed E-state index contributed by atoms with van der Waals surface area (Å²) < 4.78 is 10.4. The molecule has 0 aliphatic carbocycles. The van der Waals surface area contributed by atoms with E-state index in [1.165, 1.54) is 25.2 Å². The number of carbonyl (C=O) groups excluding carboxylic acids is 2. The molecule has 130 valence electrons. The minimum atomic E-state index is -1.09. The van der Waals surface area contributed by atoms with Gasteiger partial charge in [-0.3, -0.25) is 9.69 Å². The van der Waals surface area contributed by atoms with E-state index in [0.29, 0.717) is 9.35 Å². The summed E-state index contributed by atoms with van der Waals surface area (Å²) in [6.07, 6.45) is 2.74. The molecule has 0 unspecified atom stereocenters. The Bertz CT molecular complexity index is 686. The van der Waals surface area contributed by atoms with Crippen molar-refractivity contribution in [1.29, 1.82) is 0 Å². The standard InChI is InChI=1S/C15H16BrNO6S/c1-22-9-4-3-8(17(7-9)15(21)23-2)5-11(18)13-10(16)6-12(24-13)14(19)20/h3-4,6,8-9H,5,7H2,1-2H3,(H,19,20)/t8-,9+/m1/s1. The van der Waals surface area contributed by atoms with Crippen LogP contribution in [-0.4, -0.2) is 60.8 Å². The largest absolute Gasteiger partial charge is 0.477 e. The van der Waals surface area contributed by atoms with Crippen LogP contribution in [0.15, 0.2) is 22.7 Å². The van der Waals surface area contributed by atoms with Gasteiger partial charge in [-0.25, -0.2) is 9.59 Å². The van der Waals surface area contributed by atoms with Crippen molar-refractivity contribution in [1.82, 2.24) is 4.90 Å². The zero-order valence-electron chi connectivity index (χ0n) is 13.0. The summed E-state index contributed by atoms with van der Waals surface area (Å²) in [7, 11) is 2.81. The van der Waals surface area contributed by atoms with E-state index in [1.807, 2.05) is 0 Å². The van der Waals surface area contributed by atoms with Crippen LogP contribution in [0.25, 0.3) is 0 Å². The van der Waals surface area contributed by atoms with Crippen LogP contribution in [0.5, 0.6) is 0 Å². The smallest absolute Gasteiger partial charge is 0.410 e. The van der Waals surface area contributed by atoms with Crippen molar-refractivity contribution in [2.24, 2.45) is 0 Å². The average molecular weight is 418 g/mol. The van der Waals surface area contributed by atoms with Gasteiger partial charge in [0.15, 0.2) is 5.78 Å². The Kier molecular flexibility index (Phi) is 6.14. The number of Topliss-reactive ketones (excluding diaryl/α,β-unsaturated/α-hetero) is 1. The number of carboxylic acid groups (broad SMARTS) is 1. The third-order valence-corrected chi connectivity index (χ3v) is 5.63. The first-order valence-corrected chi connectivity index (χ1v) is 8.59. The molecule has 0 radical (unpaired) electrons. The van der Waals surface area contributed by atoms with E-state index in [4.69, 9.17) is 14.6 Å². The Hall–Kier alpha value is -1.71. The van der Waals surface area contributed by atoms with Gasteiger partial charge < -0.3 is 14.6 Å². The molecule has 0 saturated carbocycles. The summed E-state index contributed by atoms with van der Waals surface area (Å²) >= 11 is 4.12. The summed E-state index contributed by atoms with van der Waals surface area (Å²) in [6, 6.07) is 0.925. The lowest BCUT2D eigenvalue weighted by atomic mass is 10.0. The molecular formula is C15H16BrNO6S. The quantitative estimate of drug-likeness (QED) is 0.584. The van der Waals surface area contributed by atoms with Gasteiger partial charge in [0.2, 0.25) is 0 Å². The zero-order valence-corrected chi connectivity index (χ0v) is 15.4. The molecule has 0 saturated heterocycles. The number of ether oxygens (including phenoxy) is 2. The molecule has 1 amide bonds. The summed E-state index contributed by atoms with van der Waals surface area (Å²) in [6.45, 7) is 0.281. The van der Waals surface area contributed by atoms with Gasteiger partial charge in [0.25, 0.3) is 0 Å². The highest BCUT2D eigenvalue weighted by atomic mass is 79.9. The van der Waals surface area contributed by atoms with E-state index in [2.05, 4.69) is 15.9 Å². The van der Waals surface area contributed by atoms with Crippen LogP contribution in [0.1, 0.15) is 25.8 Å². The van der Waals surface area contributed by atoms with Crippen LogP contribution in [0.4, 0.5) is 4.79 Å². The maximum absolute atomic E-state index is 12.5. The van der Waals surface area contributed by atoms with Crippen LogP contribution >= 0.6 is 27.3 Å². The van der Waals surface area contributed by atoms with Crippen molar-refractivity contribution >= 4 is 45.1 Å². The predicted molar refractivity (Wildman–Crippen MR) is 90.8 cm³/mol. The molecule has 0 aromatic carbocycles. The van der Waals surface area contributed by atoms with Gasteiger partial charge >= 0.3 is 12.1 Å². The van der Waals surface area contributed by atoms with Gasteiger partial charge in [0, 0.05) is 18.0 Å². The number of carboxylic acids is 1. The molecular weight excluding hydrogens is 402 g/mol. The number of hydrogen-bond acceptors (Lipinski definition) is 6. The number of ketones is 1. The third kappa shape index (κ3) is 4.03. The van der Waals surface area contributed by atoms with E-state index in [0.717, 1.165) is 11.3 Å². The summed E-state index contributed by atoms with van der Waals surface area (Å²) in [5.41, 5.74) is 0. The normalized spacial score (nSPS) is 20.0. The fourth-order valence-electron chi connectivity index (χ4n) is 2.35. The van der Waals surface area contributed by atoms with Crippen LogP contribution in [0.2, 0.25) is 0 Å². The van der Waals surface area contributed by atoms with Gasteiger partial charge in [-0.1, -0.05) is 12.2 Å². The minimum absolute atomic E-state index is 0.0280. The predicted octanol–water partition coefficient (Wildman–Crippen LogP) is 2.80. The fraction of sp³-hybridized carbons (Fsp3) is 0.400. The molecule has 0 fully saturated rings. The molecule has 1 N–H and O–H groups in total. The van der Waals surface area contributed by atoms with E-state index in [9.17, 15) is 14.4 Å². The number of thiophene rings is 1. The molecule has 1 aliphatic heterocycles. The molecule has 9 heteroatoms. The van der Waals surface area contributed by atoms with Crippen molar-refractivity contribution in [3.8, 4) is 0 Å². The van der Waals surface area contributed by atoms with Gasteiger partial charge in [0.1, 0.15) is 4.88 Å². The summed E-state index contributed by atoms with van der Waals surface area (Å²) in [4.78, 5) is 37.3. The van der Waals surface area contributed by atoms with Crippen LogP contribution in [0, 0.1) is 0 Å². The van der Waals surface area contributed by atoms with Gasteiger partial charge in [-0.2, -0.15) is 0 Å². The number of amides is 1. The summed E-state index contributed by atoms with van der Waals surface area (Å²) in [5.74, 6) is -1.34. The van der Waals surface area contributed by atoms with Crippen LogP contribution in [-0.2, 0) is 9.47 Å². The van der Waals surface area contributed by atoms with Crippen molar-refractivity contribution in [2.45, 2.75) is 18.6 Å². The van der Waals surface area contributed by atoms with Crippen molar-refractivity contribution < 1.29 is 29.0 Å². The Labute approximate surface area is 151 Å². The average Bonchev–Trinajstić information content (AvgIpc) is 2.96. The van der Waals surface area contributed by atoms with E-state index in [1.54, 1.807) is 12.2 Å². The Balaban J connectivity index is 2.19. The topological polar surface area (TPSA) is 93.1 Å². The van der Waals surface area contributed by atoms with Crippen molar-refractivity contribution in [2.75, 3.05) is 20.8 Å². The Morgan fingerprint density at radius 3 is 2.62 bits per heavy atom. The molecule has 24 heavy (non-hydrogen) atoms. The molecule has 1 aromatic heterocycles. The van der Waals surface area contributed by atoms with E-state index in [-0.39, 0.29) is 29.7 Å². The van der Waals surface area contributed by atoms with Gasteiger partial charge in [0.05, 0.1) is 30.7 Å². The van der Waals surface area contributed by atoms with Crippen molar-refractivity contribution in [3.63, 3.8) is 0 Å². The highest BCUT2D eigenvalue weighted by molar-refractivity contribution is 9.10. The molecule has 7 nitrogen and oxygen atoms in total. The summed E-state index contributed by atoms with van der Waals surface area (Å²) in [5, 5.41) is 9.01. The Morgan fingerprint density at radius 1 is 1.38 bits per heavy atom. The SMILES string of the molecule is COC(=O)N1C[C@@H](OC)C=C[C@@H]1CC(=O)c1sc(C(=O)O)cc1Br. The molecule has 2 rings (SSSR count). The van der Waals surface area contributed by atoms with Gasteiger partial charge in [-0.05, 0) is 22.0 Å². The minimum Gasteiger partial charge on any atom is -0.477 e. The maximum atomic E-state index is 12.5. The second-order valence-corrected chi connectivity index (χ2v) is 6.98. The molecule has 2 atom stereocenters. The molecule has 1 aliphatic rings. The number of carbonyl (C=O) groups is 3. The molecule has 1 aromatic rings. The number of aromatic carboxylic acids is 1. The third-order valence-electron chi connectivity index (χ3n) is 3.58. The highest BCUT2D eigenvalue weighted by Crippen LogP contribution is 2.30. The van der Waals surface area contributed by atoms with E-state index < -0.39 is 18.1 Å². The second-order valence-electron chi connectivity index (χ2n) is 5.07. The lowest BCUT2D eigenvalue weighted by Crippen LogP contribution is -2.47. The van der Waals surface area contributed by atoms with Gasteiger partial charge in [-0.15, -0.1) is 11.3 Å². The fourth-order valence-corrected chi connectivity index (χ4v) is 4.03. The first-order chi connectivity index (χ1) is 11.4. The molecule has 2 heterocycles. The van der Waals surface area contributed by atoms with Crippen LogP contribution in [0.3, 0.4) is 0 Å². The van der Waals surface area contributed by atoms with E-state index >= 15 is 0 Å². The lowest BCUT2D eigenvalue weighted by Gasteiger charge is -2.33. The first kappa shape index (κ1) is 18.6. The van der Waals surface area contributed by atoms with Crippen molar-refractivity contribution in [3.05, 3.63) is 32.4 Å². The number of halogens is 1. The molecule has 0 spiro atoms. The Morgan fingerprint density at radius 2 is 2.08 bits per heavy atom. The lowest BCUT2D eigenvalue weighted by molar-refractivity contribution is 0.0578. The highest BCUT2D eigenvalue weighted by Gasteiger charge is 2.31. The number of hydrogen-bond donors (Lipinski definition) is 1. The zero-order chi connectivity index (χ0) is 17.9. The number of rotatable bonds is 5.